The van der Waals surface area contributed by atoms with Crippen molar-refractivity contribution in [1.82, 2.24) is 0 Å². The number of fused-ring (bicyclic) bond motifs is 5. The fraction of sp³-hybridized carbons (Fsp3) is 0.850. The first-order chi connectivity index (χ1) is 10.5. The van der Waals surface area contributed by atoms with Gasteiger partial charge in [0.25, 0.3) is 0 Å². The molecule has 2 nitrogen and oxygen atoms in total. The van der Waals surface area contributed by atoms with E-state index in [2.05, 4.69) is 6.92 Å². The van der Waals surface area contributed by atoms with E-state index in [1.165, 1.54) is 44.1 Å². The van der Waals surface area contributed by atoms with Gasteiger partial charge in [-0.1, -0.05) is 12.5 Å². The lowest BCUT2D eigenvalue weighted by Gasteiger charge is -2.58. The van der Waals surface area contributed by atoms with Crippen LogP contribution in [0.4, 0.5) is 0 Å². The third-order valence-corrected chi connectivity index (χ3v) is 7.92. The highest BCUT2D eigenvalue weighted by molar-refractivity contribution is 5.94. The molecule has 0 bridgehead atoms. The van der Waals surface area contributed by atoms with Crippen LogP contribution in [0.15, 0.2) is 11.1 Å². The second-order valence-corrected chi connectivity index (χ2v) is 8.72. The first-order valence-electron chi connectivity index (χ1n) is 9.41. The van der Waals surface area contributed by atoms with Crippen LogP contribution in [-0.4, -0.2) is 17.0 Å². The number of allylic oxidation sites excluding steroid dienone is 2. The number of aliphatic hydroxyl groups excluding tert-OH is 1. The fourth-order valence-corrected chi connectivity index (χ4v) is 6.82. The maximum atomic E-state index is 11.9. The molecule has 0 aromatic heterocycles. The summed E-state index contributed by atoms with van der Waals surface area (Å²) in [5.41, 5.74) is 3.19. The van der Waals surface area contributed by atoms with E-state index in [0.29, 0.717) is 17.1 Å². The lowest BCUT2D eigenvalue weighted by atomic mass is 9.47. The predicted molar refractivity (Wildman–Crippen MR) is 87.3 cm³/mol. The number of ketones is 1. The van der Waals surface area contributed by atoms with Gasteiger partial charge in [-0.3, -0.25) is 4.79 Å². The Hall–Kier alpha value is -0.630. The monoisotopic (exact) mass is 302 g/mol. The molecule has 4 aliphatic rings. The molecule has 0 saturated heterocycles. The zero-order valence-electron chi connectivity index (χ0n) is 14.1. The van der Waals surface area contributed by atoms with Crippen molar-refractivity contribution in [1.29, 1.82) is 0 Å². The lowest BCUT2D eigenvalue weighted by molar-refractivity contribution is -0.113. The van der Waals surface area contributed by atoms with Crippen LogP contribution in [0, 0.1) is 29.1 Å². The SMILES string of the molecule is CC(=O)C1=C2CC[C@H]3[C@@H](CCC4CC(O)CC[C@@]43C)[C@@H]2CC1. The molecule has 0 radical (unpaired) electrons. The minimum atomic E-state index is -0.0514. The second kappa shape index (κ2) is 5.19. The van der Waals surface area contributed by atoms with Crippen molar-refractivity contribution in [3.63, 3.8) is 0 Å². The molecule has 0 aromatic rings. The second-order valence-electron chi connectivity index (χ2n) is 8.72. The van der Waals surface area contributed by atoms with Crippen molar-refractivity contribution in [2.75, 3.05) is 0 Å². The highest BCUT2D eigenvalue weighted by atomic mass is 16.3. The minimum Gasteiger partial charge on any atom is -0.393 e. The summed E-state index contributed by atoms with van der Waals surface area (Å²) in [5.74, 6) is 3.42. The van der Waals surface area contributed by atoms with Gasteiger partial charge >= 0.3 is 0 Å². The predicted octanol–water partition coefficient (Wildman–Crippen LogP) is 4.27. The van der Waals surface area contributed by atoms with E-state index in [-0.39, 0.29) is 6.10 Å². The zero-order valence-corrected chi connectivity index (χ0v) is 14.1. The van der Waals surface area contributed by atoms with E-state index in [1.807, 2.05) is 0 Å². The number of Topliss-reactive ketones (excluding diaryl/α,β-unsaturated/α-hetero) is 1. The Morgan fingerprint density at radius 1 is 1.14 bits per heavy atom. The lowest BCUT2D eigenvalue weighted by Crippen LogP contribution is -2.50. The van der Waals surface area contributed by atoms with Gasteiger partial charge in [0.15, 0.2) is 5.78 Å². The molecule has 3 saturated carbocycles. The average molecular weight is 302 g/mol. The first-order valence-corrected chi connectivity index (χ1v) is 9.41. The third-order valence-electron chi connectivity index (χ3n) is 7.92. The molecule has 6 atom stereocenters. The van der Waals surface area contributed by atoms with Gasteiger partial charge in [0.2, 0.25) is 0 Å². The molecule has 122 valence electrons. The van der Waals surface area contributed by atoms with E-state index in [4.69, 9.17) is 0 Å². The largest absolute Gasteiger partial charge is 0.393 e. The zero-order chi connectivity index (χ0) is 15.5. The molecule has 0 spiro atoms. The summed E-state index contributed by atoms with van der Waals surface area (Å²) in [6.07, 6.45) is 10.6. The Bertz CT molecular complexity index is 520. The van der Waals surface area contributed by atoms with Gasteiger partial charge in [-0.15, -0.1) is 0 Å². The number of carbonyl (C=O) groups excluding carboxylic acids is 1. The molecular formula is C20H30O2. The van der Waals surface area contributed by atoms with E-state index < -0.39 is 0 Å². The van der Waals surface area contributed by atoms with Gasteiger partial charge in [-0.25, -0.2) is 0 Å². The molecule has 0 amide bonds. The van der Waals surface area contributed by atoms with Crippen LogP contribution in [0.5, 0.6) is 0 Å². The third kappa shape index (κ3) is 2.06. The minimum absolute atomic E-state index is 0.0514. The van der Waals surface area contributed by atoms with E-state index in [0.717, 1.165) is 37.0 Å². The standard InChI is InChI=1S/C20H30O2/c1-12(21)15-5-6-17-16(15)7-8-19-18(17)4-3-13-11-14(22)9-10-20(13,19)2/h13-14,17-19,22H,3-11H2,1-2H3/t13?,14?,17-,18+,19+,20+/m1/s1. The summed E-state index contributed by atoms with van der Waals surface area (Å²) in [4.78, 5) is 11.9. The fourth-order valence-electron chi connectivity index (χ4n) is 6.82. The maximum Gasteiger partial charge on any atom is 0.155 e. The van der Waals surface area contributed by atoms with Crippen molar-refractivity contribution < 1.29 is 9.90 Å². The van der Waals surface area contributed by atoms with Crippen LogP contribution < -0.4 is 0 Å². The number of aliphatic hydroxyl groups is 1. The van der Waals surface area contributed by atoms with E-state index in [9.17, 15) is 9.90 Å². The van der Waals surface area contributed by atoms with Crippen molar-refractivity contribution in [2.45, 2.75) is 77.7 Å². The Labute approximate surface area is 134 Å². The molecule has 0 heterocycles. The Morgan fingerprint density at radius 3 is 2.73 bits per heavy atom. The highest BCUT2D eigenvalue weighted by Gasteiger charge is 2.54. The number of rotatable bonds is 1. The summed E-state index contributed by atoms with van der Waals surface area (Å²) < 4.78 is 0. The molecule has 0 aliphatic heterocycles. The van der Waals surface area contributed by atoms with Crippen LogP contribution in [-0.2, 0) is 4.79 Å². The van der Waals surface area contributed by atoms with Crippen LogP contribution in [0.3, 0.4) is 0 Å². The van der Waals surface area contributed by atoms with E-state index >= 15 is 0 Å². The summed E-state index contributed by atoms with van der Waals surface area (Å²) >= 11 is 0. The summed E-state index contributed by atoms with van der Waals surface area (Å²) in [6.45, 7) is 4.29. The van der Waals surface area contributed by atoms with Crippen molar-refractivity contribution in [2.24, 2.45) is 29.1 Å². The van der Waals surface area contributed by atoms with Crippen molar-refractivity contribution in [3.05, 3.63) is 11.1 Å². The van der Waals surface area contributed by atoms with Crippen LogP contribution >= 0.6 is 0 Å². The van der Waals surface area contributed by atoms with Gasteiger partial charge in [-0.05, 0) is 99.4 Å². The first kappa shape index (κ1) is 14.9. The number of hydrogen-bond donors (Lipinski definition) is 1. The van der Waals surface area contributed by atoms with Crippen LogP contribution in [0.2, 0.25) is 0 Å². The average Bonchev–Trinajstić information content (AvgIpc) is 2.92. The quantitative estimate of drug-likeness (QED) is 0.785. The van der Waals surface area contributed by atoms with Gasteiger partial charge < -0.3 is 5.11 Å². The molecule has 3 fully saturated rings. The number of carbonyl (C=O) groups is 1. The van der Waals surface area contributed by atoms with Crippen molar-refractivity contribution in [3.8, 4) is 0 Å². The van der Waals surface area contributed by atoms with Gasteiger partial charge in [0.1, 0.15) is 0 Å². The van der Waals surface area contributed by atoms with Gasteiger partial charge in [0.05, 0.1) is 6.10 Å². The summed E-state index contributed by atoms with van der Waals surface area (Å²) in [6, 6.07) is 0. The Kier molecular flexibility index (Phi) is 3.52. The normalized spacial score (nSPS) is 47.7. The Morgan fingerprint density at radius 2 is 1.95 bits per heavy atom. The van der Waals surface area contributed by atoms with E-state index in [1.54, 1.807) is 12.5 Å². The molecule has 4 aliphatic carbocycles. The maximum absolute atomic E-state index is 11.9. The molecular weight excluding hydrogens is 272 g/mol. The Balaban J connectivity index is 1.62. The van der Waals surface area contributed by atoms with Gasteiger partial charge in [-0.2, -0.15) is 0 Å². The van der Waals surface area contributed by atoms with Crippen LogP contribution in [0.1, 0.15) is 71.6 Å². The molecule has 1 N–H and O–H groups in total. The summed E-state index contributed by atoms with van der Waals surface area (Å²) in [7, 11) is 0. The smallest absolute Gasteiger partial charge is 0.155 e. The molecule has 2 heteroatoms. The molecule has 2 unspecified atom stereocenters. The summed E-state index contributed by atoms with van der Waals surface area (Å²) in [5, 5.41) is 10.1. The highest BCUT2D eigenvalue weighted by Crippen LogP contribution is 2.62. The molecule has 4 rings (SSSR count). The molecule has 22 heavy (non-hydrogen) atoms. The van der Waals surface area contributed by atoms with Gasteiger partial charge in [0, 0.05) is 0 Å². The molecule has 0 aromatic carbocycles. The van der Waals surface area contributed by atoms with Crippen LogP contribution in [0.25, 0.3) is 0 Å². The number of hydrogen-bond acceptors (Lipinski definition) is 2. The topological polar surface area (TPSA) is 37.3 Å². The van der Waals surface area contributed by atoms with Crippen molar-refractivity contribution >= 4 is 5.78 Å².